The molecule has 0 radical (unpaired) electrons. The lowest BCUT2D eigenvalue weighted by Gasteiger charge is -2.08. The van der Waals surface area contributed by atoms with E-state index in [4.69, 9.17) is 9.88 Å². The van der Waals surface area contributed by atoms with Crippen LogP contribution in [0.1, 0.15) is 15.9 Å². The molecule has 144 valence electrons. The maximum atomic E-state index is 12.3. The number of pyridine rings is 1. The van der Waals surface area contributed by atoms with Crippen LogP contribution < -0.4 is 15.2 Å². The number of hydrogen-bond acceptors (Lipinski definition) is 5. The Balaban J connectivity index is 1.55. The number of benzene rings is 2. The first-order chi connectivity index (χ1) is 13.4. The van der Waals surface area contributed by atoms with Crippen molar-refractivity contribution in [1.29, 1.82) is 0 Å². The number of carbonyl (C=O) groups excluding carboxylic acids is 1. The molecule has 1 aromatic heterocycles. The first-order valence-corrected chi connectivity index (χ1v) is 10.1. The third-order valence-corrected chi connectivity index (χ3v) is 4.84. The maximum Gasteiger partial charge on any atom is 0.251 e. The molecule has 1 heterocycles. The van der Waals surface area contributed by atoms with Gasteiger partial charge in [0.25, 0.3) is 5.91 Å². The van der Waals surface area contributed by atoms with Gasteiger partial charge in [0.15, 0.2) is 0 Å². The topological polar surface area (TPSA) is 111 Å². The van der Waals surface area contributed by atoms with Gasteiger partial charge in [-0.3, -0.25) is 4.79 Å². The molecule has 0 saturated heterocycles. The van der Waals surface area contributed by atoms with Crippen LogP contribution in [-0.4, -0.2) is 25.9 Å². The molecular weight excluding hydrogens is 378 g/mol. The van der Waals surface area contributed by atoms with Crippen LogP contribution in [0, 0.1) is 0 Å². The van der Waals surface area contributed by atoms with E-state index in [1.807, 2.05) is 6.07 Å². The number of nitrogens with zero attached hydrogens (tertiary/aromatic N) is 1. The minimum Gasteiger partial charge on any atom is -0.439 e. The summed E-state index contributed by atoms with van der Waals surface area (Å²) in [6, 6.07) is 18.4. The predicted molar refractivity (Wildman–Crippen MR) is 105 cm³/mol. The number of rotatable bonds is 7. The van der Waals surface area contributed by atoms with Gasteiger partial charge in [0.2, 0.25) is 15.9 Å². The van der Waals surface area contributed by atoms with Gasteiger partial charge in [-0.2, -0.15) is 0 Å². The van der Waals surface area contributed by atoms with Gasteiger partial charge in [0, 0.05) is 24.4 Å². The van der Waals surface area contributed by atoms with Gasteiger partial charge in [-0.05, 0) is 48.4 Å². The zero-order valence-corrected chi connectivity index (χ0v) is 15.7. The van der Waals surface area contributed by atoms with E-state index in [-0.39, 0.29) is 10.8 Å². The third kappa shape index (κ3) is 5.38. The summed E-state index contributed by atoms with van der Waals surface area (Å²) in [6.07, 6.45) is 2.18. The van der Waals surface area contributed by atoms with Gasteiger partial charge < -0.3 is 10.1 Å². The van der Waals surface area contributed by atoms with Crippen LogP contribution in [0.15, 0.2) is 77.8 Å². The van der Waals surface area contributed by atoms with E-state index in [0.29, 0.717) is 30.2 Å². The highest BCUT2D eigenvalue weighted by Gasteiger charge is 2.09. The van der Waals surface area contributed by atoms with E-state index in [9.17, 15) is 13.2 Å². The summed E-state index contributed by atoms with van der Waals surface area (Å²) >= 11 is 0. The number of nitrogens with two attached hydrogens (primary N) is 1. The summed E-state index contributed by atoms with van der Waals surface area (Å²) in [5.74, 6) is 0.737. The Hall–Kier alpha value is -3.23. The fourth-order valence-electron chi connectivity index (χ4n) is 2.50. The second-order valence-corrected chi connectivity index (χ2v) is 7.55. The average Bonchev–Trinajstić information content (AvgIpc) is 2.68. The molecule has 0 unspecified atom stereocenters. The number of sulfonamides is 1. The largest absolute Gasteiger partial charge is 0.439 e. The first-order valence-electron chi connectivity index (χ1n) is 8.51. The van der Waals surface area contributed by atoms with Crippen molar-refractivity contribution in [3.63, 3.8) is 0 Å². The maximum absolute atomic E-state index is 12.3. The number of nitrogens with one attached hydrogen (secondary N) is 1. The lowest BCUT2D eigenvalue weighted by Crippen LogP contribution is -2.25. The van der Waals surface area contributed by atoms with Crippen LogP contribution in [0.3, 0.4) is 0 Å². The molecule has 0 fully saturated rings. The van der Waals surface area contributed by atoms with E-state index in [1.165, 1.54) is 12.1 Å². The van der Waals surface area contributed by atoms with Crippen molar-refractivity contribution in [2.24, 2.45) is 5.14 Å². The minimum absolute atomic E-state index is 0.0602. The van der Waals surface area contributed by atoms with E-state index in [1.54, 1.807) is 54.7 Å². The first kappa shape index (κ1) is 19.5. The summed E-state index contributed by atoms with van der Waals surface area (Å²) < 4.78 is 28.1. The molecule has 3 aromatic rings. The van der Waals surface area contributed by atoms with Crippen LogP contribution >= 0.6 is 0 Å². The van der Waals surface area contributed by atoms with Gasteiger partial charge in [0.1, 0.15) is 5.75 Å². The van der Waals surface area contributed by atoms with Crippen molar-refractivity contribution in [3.05, 3.63) is 84.1 Å². The normalized spacial score (nSPS) is 11.0. The van der Waals surface area contributed by atoms with Crippen molar-refractivity contribution in [2.45, 2.75) is 11.3 Å². The van der Waals surface area contributed by atoms with Gasteiger partial charge in [-0.15, -0.1) is 0 Å². The van der Waals surface area contributed by atoms with Crippen LogP contribution in [0.4, 0.5) is 0 Å². The Kier molecular flexibility index (Phi) is 6.03. The molecule has 3 N–H and O–H groups in total. The minimum atomic E-state index is -3.70. The highest BCUT2D eigenvalue weighted by molar-refractivity contribution is 7.89. The quantitative estimate of drug-likeness (QED) is 0.636. The van der Waals surface area contributed by atoms with E-state index >= 15 is 0 Å². The van der Waals surface area contributed by atoms with Crippen molar-refractivity contribution < 1.29 is 17.9 Å². The van der Waals surface area contributed by atoms with Crippen LogP contribution in [0.5, 0.6) is 11.6 Å². The van der Waals surface area contributed by atoms with Crippen molar-refractivity contribution >= 4 is 15.9 Å². The Bertz CT molecular complexity index is 1050. The zero-order chi connectivity index (χ0) is 20.0. The Morgan fingerprint density at radius 1 is 1.04 bits per heavy atom. The van der Waals surface area contributed by atoms with Gasteiger partial charge >= 0.3 is 0 Å². The SMILES string of the molecule is NS(=O)(=O)c1ccc(CCNC(=O)c2cccc(Oc3ccccn3)c2)cc1. The number of aromatic nitrogens is 1. The Labute approximate surface area is 163 Å². The van der Waals surface area contributed by atoms with Gasteiger partial charge in [0.05, 0.1) is 4.90 Å². The highest BCUT2D eigenvalue weighted by atomic mass is 32.2. The predicted octanol–water partition coefficient (Wildman–Crippen LogP) is 2.49. The standard InChI is InChI=1S/C20H19N3O4S/c21-28(25,26)18-9-7-15(8-10-18)11-13-23-20(24)16-4-3-5-17(14-16)27-19-6-1-2-12-22-19/h1-10,12,14H,11,13H2,(H,23,24)(H2,21,25,26). The molecule has 0 atom stereocenters. The number of carbonyl (C=O) groups is 1. The molecule has 0 bridgehead atoms. The monoisotopic (exact) mass is 397 g/mol. The summed E-state index contributed by atoms with van der Waals surface area (Å²) in [4.78, 5) is 16.5. The van der Waals surface area contributed by atoms with E-state index in [2.05, 4.69) is 10.3 Å². The molecular formula is C20H19N3O4S. The highest BCUT2D eigenvalue weighted by Crippen LogP contribution is 2.20. The van der Waals surface area contributed by atoms with Crippen molar-refractivity contribution in [2.75, 3.05) is 6.54 Å². The molecule has 0 saturated carbocycles. The number of primary sulfonamides is 1. The van der Waals surface area contributed by atoms with Crippen LogP contribution in [0.25, 0.3) is 0 Å². The molecule has 3 rings (SSSR count). The number of amides is 1. The molecule has 0 aliphatic heterocycles. The lowest BCUT2D eigenvalue weighted by atomic mass is 10.1. The molecule has 7 nitrogen and oxygen atoms in total. The molecule has 0 aliphatic carbocycles. The summed E-state index contributed by atoms with van der Waals surface area (Å²) in [6.45, 7) is 0.402. The second kappa shape index (κ2) is 8.64. The smallest absolute Gasteiger partial charge is 0.251 e. The summed E-state index contributed by atoms with van der Waals surface area (Å²) in [5, 5.41) is 7.90. The van der Waals surface area contributed by atoms with E-state index < -0.39 is 10.0 Å². The van der Waals surface area contributed by atoms with Gasteiger partial charge in [-0.25, -0.2) is 18.5 Å². The molecule has 8 heteroatoms. The molecule has 2 aromatic carbocycles. The average molecular weight is 397 g/mol. The lowest BCUT2D eigenvalue weighted by molar-refractivity contribution is 0.0954. The fourth-order valence-corrected chi connectivity index (χ4v) is 3.01. The Morgan fingerprint density at radius 2 is 1.82 bits per heavy atom. The summed E-state index contributed by atoms with van der Waals surface area (Å²) in [5.41, 5.74) is 1.36. The van der Waals surface area contributed by atoms with Crippen LogP contribution in [0.2, 0.25) is 0 Å². The molecule has 0 aliphatic rings. The van der Waals surface area contributed by atoms with Crippen molar-refractivity contribution in [1.82, 2.24) is 10.3 Å². The van der Waals surface area contributed by atoms with Crippen molar-refractivity contribution in [3.8, 4) is 11.6 Å². The number of ether oxygens (including phenoxy) is 1. The summed E-state index contributed by atoms with van der Waals surface area (Å²) in [7, 11) is -3.70. The Morgan fingerprint density at radius 3 is 2.50 bits per heavy atom. The van der Waals surface area contributed by atoms with Crippen LogP contribution in [-0.2, 0) is 16.4 Å². The van der Waals surface area contributed by atoms with Gasteiger partial charge in [-0.1, -0.05) is 24.3 Å². The number of hydrogen-bond donors (Lipinski definition) is 2. The zero-order valence-electron chi connectivity index (χ0n) is 14.9. The molecule has 28 heavy (non-hydrogen) atoms. The molecule has 1 amide bonds. The van der Waals surface area contributed by atoms with E-state index in [0.717, 1.165) is 5.56 Å². The second-order valence-electron chi connectivity index (χ2n) is 5.99. The fraction of sp³-hybridized carbons (Fsp3) is 0.100. The third-order valence-electron chi connectivity index (χ3n) is 3.91. The molecule has 0 spiro atoms.